The minimum absolute atomic E-state index is 0.00154. The summed E-state index contributed by atoms with van der Waals surface area (Å²) in [6, 6.07) is 2.26. The largest absolute Gasteiger partial charge is 0.419 e. The predicted octanol–water partition coefficient (Wildman–Crippen LogP) is 3.48. The molecule has 4 rings (SSSR count). The zero-order chi connectivity index (χ0) is 26.4. The van der Waals surface area contributed by atoms with Crippen molar-refractivity contribution >= 4 is 17.9 Å². The molecular weight excluding hydrogens is 478 g/mol. The molecule has 0 radical (unpaired) electrons. The van der Waals surface area contributed by atoms with Crippen molar-refractivity contribution in [1.29, 1.82) is 5.41 Å². The number of nitrogens with zero attached hydrogens (tertiary/aromatic N) is 4. The molecular formula is C24H27F4N7O. The van der Waals surface area contributed by atoms with Crippen LogP contribution >= 0.6 is 0 Å². The van der Waals surface area contributed by atoms with Gasteiger partial charge in [-0.1, -0.05) is 12.1 Å². The van der Waals surface area contributed by atoms with Gasteiger partial charge in [0.25, 0.3) is 0 Å². The number of amides is 1. The molecule has 8 nitrogen and oxygen atoms in total. The highest BCUT2D eigenvalue weighted by atomic mass is 19.4. The third kappa shape index (κ3) is 4.19. The van der Waals surface area contributed by atoms with Crippen LogP contribution < -0.4 is 11.1 Å². The van der Waals surface area contributed by atoms with Gasteiger partial charge < -0.3 is 26.3 Å². The minimum atomic E-state index is -4.83. The number of carbonyl (C=O) groups is 1. The molecule has 1 amide bonds. The van der Waals surface area contributed by atoms with Gasteiger partial charge in [0.05, 0.1) is 29.5 Å². The van der Waals surface area contributed by atoms with Crippen molar-refractivity contribution < 1.29 is 22.4 Å². The van der Waals surface area contributed by atoms with Gasteiger partial charge in [-0.25, -0.2) is 14.4 Å². The summed E-state index contributed by atoms with van der Waals surface area (Å²) in [6.45, 7) is 4.23. The van der Waals surface area contributed by atoms with E-state index in [-0.39, 0.29) is 29.5 Å². The smallest absolute Gasteiger partial charge is 0.403 e. The minimum Gasteiger partial charge on any atom is -0.403 e. The first-order valence-corrected chi connectivity index (χ1v) is 11.4. The molecule has 1 saturated heterocycles. The molecule has 36 heavy (non-hydrogen) atoms. The number of rotatable bonds is 5. The van der Waals surface area contributed by atoms with Gasteiger partial charge in [0.15, 0.2) is 0 Å². The molecule has 12 heteroatoms. The Hall–Kier alpha value is -3.54. The number of carbonyl (C=O) groups excluding carboxylic acids is 1. The molecule has 2 aliphatic heterocycles. The molecule has 1 aromatic heterocycles. The lowest BCUT2D eigenvalue weighted by molar-refractivity contribution is -0.140. The van der Waals surface area contributed by atoms with Crippen molar-refractivity contribution in [2.24, 2.45) is 5.73 Å². The van der Waals surface area contributed by atoms with E-state index in [1.807, 2.05) is 11.9 Å². The highest BCUT2D eigenvalue weighted by Gasteiger charge is 2.53. The molecule has 1 unspecified atom stereocenters. The van der Waals surface area contributed by atoms with Crippen molar-refractivity contribution in [2.45, 2.75) is 44.4 Å². The summed E-state index contributed by atoms with van der Waals surface area (Å²) >= 11 is 0. The van der Waals surface area contributed by atoms with Gasteiger partial charge >= 0.3 is 6.18 Å². The maximum Gasteiger partial charge on any atom is 0.419 e. The van der Waals surface area contributed by atoms with Crippen LogP contribution in [0.2, 0.25) is 0 Å². The van der Waals surface area contributed by atoms with E-state index in [9.17, 15) is 22.4 Å². The number of aromatic nitrogens is 2. The Labute approximate surface area is 205 Å². The SMILES string of the molecule is Cc1nc(N[C@H](C)c2cccc(C(F)(F)F)c2F)c2c(n1)C1(CCN(C)C1)C(=O)N(/C(C=N)=C/N)C2. The number of nitrogens with one attached hydrogen (secondary N) is 2. The molecule has 2 aromatic rings. The summed E-state index contributed by atoms with van der Waals surface area (Å²) in [5.74, 6) is -0.938. The van der Waals surface area contributed by atoms with E-state index >= 15 is 0 Å². The van der Waals surface area contributed by atoms with E-state index in [1.165, 1.54) is 24.1 Å². The number of nitrogens with two attached hydrogens (primary N) is 1. The summed E-state index contributed by atoms with van der Waals surface area (Å²) in [5.41, 5.74) is 4.46. The molecule has 1 aromatic carbocycles. The monoisotopic (exact) mass is 505 g/mol. The van der Waals surface area contributed by atoms with E-state index in [2.05, 4.69) is 15.3 Å². The highest BCUT2D eigenvalue weighted by molar-refractivity contribution is 5.96. The Morgan fingerprint density at radius 2 is 2.06 bits per heavy atom. The Bertz CT molecular complexity index is 1250. The van der Waals surface area contributed by atoms with E-state index < -0.39 is 29.0 Å². The maximum absolute atomic E-state index is 14.8. The fourth-order valence-electron chi connectivity index (χ4n) is 5.03. The molecule has 0 aliphatic carbocycles. The van der Waals surface area contributed by atoms with Gasteiger partial charge in [-0.3, -0.25) is 4.79 Å². The fraction of sp³-hybridized carbons (Fsp3) is 0.417. The number of alkyl halides is 3. The molecule has 3 heterocycles. The van der Waals surface area contributed by atoms with Crippen LogP contribution in [0.1, 0.15) is 47.6 Å². The number of anilines is 1. The number of hydrogen-bond acceptors (Lipinski definition) is 7. The number of benzene rings is 1. The number of likely N-dealkylation sites (tertiary alicyclic amines) is 1. The van der Waals surface area contributed by atoms with Crippen LogP contribution in [0.15, 0.2) is 30.1 Å². The first-order valence-electron chi connectivity index (χ1n) is 11.4. The lowest BCUT2D eigenvalue weighted by Crippen LogP contribution is -2.53. The molecule has 4 N–H and O–H groups in total. The number of halogens is 4. The third-order valence-corrected chi connectivity index (χ3v) is 6.79. The average Bonchev–Trinajstić information content (AvgIpc) is 3.20. The zero-order valence-electron chi connectivity index (χ0n) is 20.1. The van der Waals surface area contributed by atoms with Gasteiger partial charge in [0.2, 0.25) is 5.91 Å². The van der Waals surface area contributed by atoms with Gasteiger partial charge in [-0.15, -0.1) is 0 Å². The average molecular weight is 506 g/mol. The van der Waals surface area contributed by atoms with Gasteiger partial charge in [-0.2, -0.15) is 13.2 Å². The number of hydrogen-bond donors (Lipinski definition) is 3. The lowest BCUT2D eigenvalue weighted by Gasteiger charge is -2.40. The Morgan fingerprint density at radius 1 is 1.33 bits per heavy atom. The fourth-order valence-corrected chi connectivity index (χ4v) is 5.03. The van der Waals surface area contributed by atoms with Crippen LogP contribution in [-0.4, -0.2) is 52.0 Å². The van der Waals surface area contributed by atoms with Gasteiger partial charge in [-0.05, 0) is 39.9 Å². The van der Waals surface area contributed by atoms with Crippen LogP contribution in [0, 0.1) is 18.2 Å². The standard InChI is InChI=1S/C24H27F4N7O/c1-13(16-5-4-6-18(19(16)25)24(26,27)28)31-21-17-11-35(15(9-29)10-30)22(36)23(7-8-34(3)12-23)20(17)32-14(2)33-21/h4-6,9-10,13,29H,7-8,11-12,30H2,1-3H3,(H,31,32,33)/b15-10+,29-9?/t13-,23?/m1/s1. The maximum atomic E-state index is 14.8. The molecule has 0 saturated carbocycles. The first-order chi connectivity index (χ1) is 16.9. The zero-order valence-corrected chi connectivity index (χ0v) is 20.1. The Balaban J connectivity index is 1.82. The van der Waals surface area contributed by atoms with Crippen molar-refractivity contribution in [2.75, 3.05) is 25.5 Å². The summed E-state index contributed by atoms with van der Waals surface area (Å²) in [6.07, 6.45) is -2.19. The summed E-state index contributed by atoms with van der Waals surface area (Å²) in [7, 11) is 1.89. The van der Waals surface area contributed by atoms with E-state index in [4.69, 9.17) is 11.1 Å². The predicted molar refractivity (Wildman–Crippen MR) is 126 cm³/mol. The van der Waals surface area contributed by atoms with Crippen molar-refractivity contribution in [3.8, 4) is 0 Å². The number of fused-ring (bicyclic) bond motifs is 2. The van der Waals surface area contributed by atoms with Crippen molar-refractivity contribution in [1.82, 2.24) is 19.8 Å². The molecule has 2 aliphatic rings. The molecule has 192 valence electrons. The molecule has 0 bridgehead atoms. The van der Waals surface area contributed by atoms with Crippen molar-refractivity contribution in [3.05, 3.63) is 64.1 Å². The molecule has 2 atom stereocenters. The summed E-state index contributed by atoms with van der Waals surface area (Å²) in [4.78, 5) is 26.2. The van der Waals surface area contributed by atoms with E-state index in [0.29, 0.717) is 42.7 Å². The highest BCUT2D eigenvalue weighted by Crippen LogP contribution is 2.44. The van der Waals surface area contributed by atoms with Gasteiger partial charge in [0.1, 0.15) is 22.9 Å². The van der Waals surface area contributed by atoms with Crippen LogP contribution in [-0.2, 0) is 22.9 Å². The van der Waals surface area contributed by atoms with Crippen LogP contribution in [0.25, 0.3) is 0 Å². The second-order valence-corrected chi connectivity index (χ2v) is 9.22. The third-order valence-electron chi connectivity index (χ3n) is 6.79. The van der Waals surface area contributed by atoms with Crippen molar-refractivity contribution in [3.63, 3.8) is 0 Å². The molecule has 1 spiro atoms. The van der Waals surface area contributed by atoms with Crippen LogP contribution in [0.4, 0.5) is 23.4 Å². The Kier molecular flexibility index (Phi) is 6.50. The van der Waals surface area contributed by atoms with E-state index in [1.54, 1.807) is 6.92 Å². The summed E-state index contributed by atoms with van der Waals surface area (Å²) < 4.78 is 54.6. The van der Waals surface area contributed by atoms with E-state index in [0.717, 1.165) is 12.3 Å². The Morgan fingerprint density at radius 3 is 2.64 bits per heavy atom. The number of likely N-dealkylation sites (N-methyl/N-ethyl adjacent to an activating group) is 1. The normalized spacial score (nSPS) is 21.6. The summed E-state index contributed by atoms with van der Waals surface area (Å²) in [5, 5.41) is 10.8. The number of allylic oxidation sites excluding steroid dienone is 1. The lowest BCUT2D eigenvalue weighted by atomic mass is 9.76. The van der Waals surface area contributed by atoms with Crippen LogP contribution in [0.3, 0.4) is 0 Å². The molecule has 1 fully saturated rings. The second-order valence-electron chi connectivity index (χ2n) is 9.22. The quantitative estimate of drug-likeness (QED) is 0.424. The topological polar surface area (TPSA) is 111 Å². The van der Waals surface area contributed by atoms with Gasteiger partial charge in [0, 0.05) is 30.1 Å². The number of aryl methyl sites for hydroxylation is 1. The second kappa shape index (κ2) is 9.16. The van der Waals surface area contributed by atoms with Crippen LogP contribution in [0.5, 0.6) is 0 Å². The first kappa shape index (κ1) is 25.5.